The van der Waals surface area contributed by atoms with Crippen LogP contribution in [0, 0.1) is 10.1 Å². The monoisotopic (exact) mass is 294 g/mol. The lowest BCUT2D eigenvalue weighted by molar-refractivity contribution is -0.384. The molecule has 0 aliphatic heterocycles. The molecule has 0 fully saturated rings. The van der Waals surface area contributed by atoms with Crippen molar-refractivity contribution in [2.45, 2.75) is 6.42 Å². The first-order valence-electron chi connectivity index (χ1n) is 5.58. The highest BCUT2D eigenvalue weighted by Crippen LogP contribution is 2.21. The van der Waals surface area contributed by atoms with E-state index in [0.29, 0.717) is 23.7 Å². The number of nitrogens with zero attached hydrogens (tertiary/aromatic N) is 3. The Morgan fingerprint density at radius 3 is 3.00 bits per heavy atom. The van der Waals surface area contributed by atoms with Crippen LogP contribution in [0.3, 0.4) is 0 Å². The molecule has 0 saturated carbocycles. The Kier molecular flexibility index (Phi) is 4.20. The minimum Gasteiger partial charge on any atom is -0.476 e. The van der Waals surface area contributed by atoms with Gasteiger partial charge in [0.15, 0.2) is 5.69 Å². The van der Waals surface area contributed by atoms with Gasteiger partial charge in [-0.05, 0) is 6.07 Å². The average Bonchev–Trinajstić information content (AvgIpc) is 2.88. The number of pyridine rings is 1. The molecule has 9 heteroatoms. The van der Waals surface area contributed by atoms with E-state index in [0.717, 1.165) is 0 Å². The summed E-state index contributed by atoms with van der Waals surface area (Å²) in [7, 11) is 0. The summed E-state index contributed by atoms with van der Waals surface area (Å²) < 4.78 is 0. The predicted octanol–water partition coefficient (Wildman–Crippen LogP) is 1.80. The number of nitro groups is 1. The molecule has 0 amide bonds. The molecule has 0 saturated heterocycles. The predicted molar refractivity (Wildman–Crippen MR) is 72.2 cm³/mol. The molecule has 104 valence electrons. The highest BCUT2D eigenvalue weighted by Gasteiger charge is 2.13. The van der Waals surface area contributed by atoms with Crippen molar-refractivity contribution in [2.24, 2.45) is 0 Å². The van der Waals surface area contributed by atoms with Gasteiger partial charge in [-0.3, -0.25) is 15.1 Å². The van der Waals surface area contributed by atoms with E-state index >= 15 is 0 Å². The van der Waals surface area contributed by atoms with Crippen molar-refractivity contribution < 1.29 is 14.8 Å². The molecule has 2 aromatic rings. The zero-order valence-electron chi connectivity index (χ0n) is 10.1. The number of aromatic carboxylic acids is 1. The van der Waals surface area contributed by atoms with Crippen molar-refractivity contribution in [3.05, 3.63) is 44.7 Å². The fourth-order valence-corrected chi connectivity index (χ4v) is 2.28. The Balaban J connectivity index is 1.96. The van der Waals surface area contributed by atoms with Gasteiger partial charge in [-0.25, -0.2) is 9.78 Å². The van der Waals surface area contributed by atoms with Crippen LogP contribution in [-0.2, 0) is 6.42 Å². The number of anilines is 1. The molecule has 8 nitrogen and oxygen atoms in total. The fourth-order valence-electron chi connectivity index (χ4n) is 1.51. The number of rotatable bonds is 6. The van der Waals surface area contributed by atoms with Crippen molar-refractivity contribution in [1.29, 1.82) is 0 Å². The second-order valence-corrected chi connectivity index (χ2v) is 4.70. The normalized spacial score (nSPS) is 10.2. The van der Waals surface area contributed by atoms with E-state index in [2.05, 4.69) is 15.3 Å². The van der Waals surface area contributed by atoms with Crippen molar-refractivity contribution >= 4 is 28.7 Å². The van der Waals surface area contributed by atoms with Crippen molar-refractivity contribution in [3.63, 3.8) is 0 Å². The maximum absolute atomic E-state index is 10.8. The zero-order chi connectivity index (χ0) is 14.5. The largest absolute Gasteiger partial charge is 0.476 e. The number of carbonyl (C=O) groups is 1. The Bertz CT molecular complexity index is 643. The van der Waals surface area contributed by atoms with Crippen LogP contribution in [0.1, 0.15) is 15.5 Å². The summed E-state index contributed by atoms with van der Waals surface area (Å²) in [6, 6.07) is 1.52. The minimum absolute atomic E-state index is 0.0138. The number of carboxylic acids is 1. The van der Waals surface area contributed by atoms with E-state index in [1.165, 1.54) is 35.2 Å². The fraction of sp³-hybridized carbons (Fsp3) is 0.182. The van der Waals surface area contributed by atoms with Crippen molar-refractivity contribution in [2.75, 3.05) is 11.9 Å². The maximum atomic E-state index is 10.8. The standard InChI is InChI=1S/C11H10N4O4S/c16-11(17)8-6-20-10(14-8)2-4-13-7-1-3-12-5-9(7)15(18)19/h1,3,5-6H,2,4H2,(H,12,13)(H,16,17). The first-order chi connectivity index (χ1) is 9.58. The third kappa shape index (κ3) is 3.26. The van der Waals surface area contributed by atoms with Crippen LogP contribution in [0.15, 0.2) is 23.8 Å². The molecule has 0 bridgehead atoms. The number of aromatic nitrogens is 2. The van der Waals surface area contributed by atoms with Gasteiger partial charge >= 0.3 is 11.7 Å². The summed E-state index contributed by atoms with van der Waals surface area (Å²) in [6.07, 6.45) is 3.12. The van der Waals surface area contributed by atoms with Crippen molar-refractivity contribution in [1.82, 2.24) is 9.97 Å². The van der Waals surface area contributed by atoms with Gasteiger partial charge in [0.25, 0.3) is 0 Å². The van der Waals surface area contributed by atoms with Crippen LogP contribution in [0.25, 0.3) is 0 Å². The SMILES string of the molecule is O=C(O)c1csc(CCNc2ccncc2[N+](=O)[O-])n1. The van der Waals surface area contributed by atoms with Gasteiger partial charge in [-0.15, -0.1) is 11.3 Å². The number of hydrogen-bond donors (Lipinski definition) is 2. The summed E-state index contributed by atoms with van der Waals surface area (Å²) >= 11 is 1.25. The molecule has 0 aromatic carbocycles. The maximum Gasteiger partial charge on any atom is 0.355 e. The van der Waals surface area contributed by atoms with E-state index in [-0.39, 0.29) is 11.4 Å². The average molecular weight is 294 g/mol. The molecule has 0 unspecified atom stereocenters. The zero-order valence-corrected chi connectivity index (χ0v) is 11.0. The van der Waals surface area contributed by atoms with Gasteiger partial charge in [0.1, 0.15) is 11.9 Å². The quantitative estimate of drug-likeness (QED) is 0.616. The van der Waals surface area contributed by atoms with E-state index in [1.807, 2.05) is 0 Å². The minimum atomic E-state index is -1.06. The smallest absolute Gasteiger partial charge is 0.355 e. The first kappa shape index (κ1) is 13.9. The van der Waals surface area contributed by atoms with Crippen LogP contribution in [0.5, 0.6) is 0 Å². The number of nitrogens with one attached hydrogen (secondary N) is 1. The molecule has 0 atom stereocenters. The van der Waals surface area contributed by atoms with Crippen LogP contribution < -0.4 is 5.32 Å². The van der Waals surface area contributed by atoms with Gasteiger partial charge < -0.3 is 10.4 Å². The molecular formula is C11H10N4O4S. The molecule has 0 spiro atoms. The molecule has 2 heterocycles. The summed E-state index contributed by atoms with van der Waals surface area (Å²) in [5, 5.41) is 24.6. The topological polar surface area (TPSA) is 118 Å². The second-order valence-electron chi connectivity index (χ2n) is 3.76. The Morgan fingerprint density at radius 1 is 1.55 bits per heavy atom. The van der Waals surface area contributed by atoms with Gasteiger partial charge in [-0.1, -0.05) is 0 Å². The third-order valence-corrected chi connectivity index (χ3v) is 3.33. The second kappa shape index (κ2) is 6.06. The molecule has 2 N–H and O–H groups in total. The van der Waals surface area contributed by atoms with Gasteiger partial charge in [0, 0.05) is 24.5 Å². The highest BCUT2D eigenvalue weighted by molar-refractivity contribution is 7.09. The molecule has 0 aliphatic carbocycles. The first-order valence-corrected chi connectivity index (χ1v) is 6.46. The summed E-state index contributed by atoms with van der Waals surface area (Å²) in [5.41, 5.74) is 0.290. The van der Waals surface area contributed by atoms with Crippen molar-refractivity contribution in [3.8, 4) is 0 Å². The Morgan fingerprint density at radius 2 is 2.35 bits per heavy atom. The highest BCUT2D eigenvalue weighted by atomic mass is 32.1. The van der Waals surface area contributed by atoms with Gasteiger partial charge in [0.05, 0.1) is 9.93 Å². The molecule has 2 rings (SSSR count). The van der Waals surface area contributed by atoms with E-state index in [9.17, 15) is 14.9 Å². The van der Waals surface area contributed by atoms with Gasteiger partial charge in [0.2, 0.25) is 0 Å². The third-order valence-electron chi connectivity index (χ3n) is 2.42. The summed E-state index contributed by atoms with van der Waals surface area (Å²) in [4.78, 5) is 28.6. The summed E-state index contributed by atoms with van der Waals surface area (Å²) in [5.74, 6) is -1.06. The molecule has 2 aromatic heterocycles. The van der Waals surface area contributed by atoms with E-state index in [1.54, 1.807) is 0 Å². The molecule has 0 radical (unpaired) electrons. The van der Waals surface area contributed by atoms with E-state index in [4.69, 9.17) is 5.11 Å². The molecular weight excluding hydrogens is 284 g/mol. The van der Waals surface area contributed by atoms with Crippen LogP contribution in [0.4, 0.5) is 11.4 Å². The lowest BCUT2D eigenvalue weighted by Crippen LogP contribution is -2.07. The van der Waals surface area contributed by atoms with Crippen LogP contribution in [0.2, 0.25) is 0 Å². The van der Waals surface area contributed by atoms with E-state index < -0.39 is 10.9 Å². The lowest BCUT2D eigenvalue weighted by Gasteiger charge is -2.04. The van der Waals surface area contributed by atoms with Crippen LogP contribution in [-0.4, -0.2) is 32.5 Å². The Labute approximate surface area is 117 Å². The number of hydrogen-bond acceptors (Lipinski definition) is 7. The molecule has 20 heavy (non-hydrogen) atoms. The summed E-state index contributed by atoms with van der Waals surface area (Å²) in [6.45, 7) is 0.414. The Hall–Kier alpha value is -2.55. The molecule has 0 aliphatic rings. The number of carboxylic acid groups (broad SMARTS) is 1. The van der Waals surface area contributed by atoms with Crippen LogP contribution >= 0.6 is 11.3 Å². The van der Waals surface area contributed by atoms with Gasteiger partial charge in [-0.2, -0.15) is 0 Å². The lowest BCUT2D eigenvalue weighted by atomic mass is 10.3. The number of thiazole rings is 1.